The molecule has 0 saturated carbocycles. The molecule has 2 rings (SSSR count). The Balaban J connectivity index is 2.03. The minimum Gasteiger partial charge on any atom is -0.350 e. The van der Waals surface area contributed by atoms with E-state index in [4.69, 9.17) is 0 Å². The molecule has 1 amide bonds. The number of hydrogen-bond acceptors (Lipinski definition) is 4. The zero-order valence-corrected chi connectivity index (χ0v) is 14.8. The normalized spacial score (nSPS) is 11.2. The molecule has 1 aromatic heterocycles. The van der Waals surface area contributed by atoms with Crippen LogP contribution in [0.25, 0.3) is 0 Å². The fraction of sp³-hybridized carbons (Fsp3) is 0.312. The van der Waals surface area contributed by atoms with Gasteiger partial charge in [-0.05, 0) is 35.6 Å². The van der Waals surface area contributed by atoms with Gasteiger partial charge in [-0.3, -0.25) is 9.10 Å². The van der Waals surface area contributed by atoms with E-state index in [-0.39, 0.29) is 19.0 Å². The minimum absolute atomic E-state index is 0.185. The summed E-state index contributed by atoms with van der Waals surface area (Å²) in [5, 5.41) is 4.57. The Morgan fingerprint density at radius 3 is 2.43 bits per heavy atom. The Bertz CT molecular complexity index is 738. The van der Waals surface area contributed by atoms with Crippen molar-refractivity contribution in [2.24, 2.45) is 0 Å². The molecule has 1 aromatic carbocycles. The number of carbonyl (C=O) groups excluding carboxylic acids is 1. The molecular weight excluding hydrogens is 332 g/mol. The van der Waals surface area contributed by atoms with Crippen molar-refractivity contribution in [1.82, 2.24) is 5.32 Å². The summed E-state index contributed by atoms with van der Waals surface area (Å²) >= 11 is 1.35. The molecule has 0 atom stereocenters. The number of sulfonamides is 1. The van der Waals surface area contributed by atoms with Crippen LogP contribution in [0, 0.1) is 0 Å². The second-order valence-corrected chi connectivity index (χ2v) is 7.94. The van der Waals surface area contributed by atoms with Crippen LogP contribution >= 0.6 is 11.3 Å². The summed E-state index contributed by atoms with van der Waals surface area (Å²) in [6, 6.07) is 11.0. The molecular formula is C16H20N2O3S2. The van der Waals surface area contributed by atoms with Gasteiger partial charge in [0.05, 0.1) is 23.4 Å². The first-order chi connectivity index (χ1) is 10.9. The van der Waals surface area contributed by atoms with Crippen LogP contribution in [0.15, 0.2) is 41.8 Å². The van der Waals surface area contributed by atoms with Crippen LogP contribution in [0.2, 0.25) is 0 Å². The Kier molecular flexibility index (Phi) is 5.79. The molecule has 23 heavy (non-hydrogen) atoms. The summed E-state index contributed by atoms with van der Waals surface area (Å²) in [7, 11) is -3.40. The smallest absolute Gasteiger partial charge is 0.261 e. The van der Waals surface area contributed by atoms with Gasteiger partial charge in [0.25, 0.3) is 5.91 Å². The lowest BCUT2D eigenvalue weighted by molar-refractivity contribution is 0.0959. The Hall–Kier alpha value is -1.86. The molecule has 0 aliphatic rings. The topological polar surface area (TPSA) is 66.5 Å². The van der Waals surface area contributed by atoms with Crippen LogP contribution in [0.4, 0.5) is 5.69 Å². The van der Waals surface area contributed by atoms with E-state index in [1.807, 2.05) is 24.4 Å². The average Bonchev–Trinajstić information content (AvgIpc) is 3.05. The Labute approximate surface area is 141 Å². The van der Waals surface area contributed by atoms with Crippen LogP contribution in [-0.2, 0) is 16.4 Å². The second kappa shape index (κ2) is 7.61. The van der Waals surface area contributed by atoms with Gasteiger partial charge in [-0.1, -0.05) is 25.1 Å². The lowest BCUT2D eigenvalue weighted by Crippen LogP contribution is -2.38. The van der Waals surface area contributed by atoms with E-state index < -0.39 is 10.0 Å². The van der Waals surface area contributed by atoms with Crippen molar-refractivity contribution in [2.45, 2.75) is 13.3 Å². The Morgan fingerprint density at radius 1 is 1.22 bits per heavy atom. The zero-order valence-electron chi connectivity index (χ0n) is 13.2. The van der Waals surface area contributed by atoms with Gasteiger partial charge in [-0.15, -0.1) is 11.3 Å². The van der Waals surface area contributed by atoms with Gasteiger partial charge in [0.15, 0.2) is 0 Å². The lowest BCUT2D eigenvalue weighted by Gasteiger charge is -2.22. The predicted molar refractivity (Wildman–Crippen MR) is 94.7 cm³/mol. The first-order valence-corrected chi connectivity index (χ1v) is 10.0. The van der Waals surface area contributed by atoms with Gasteiger partial charge in [-0.2, -0.15) is 0 Å². The average molecular weight is 352 g/mol. The SMILES string of the molecule is CCc1ccc(N(CCNC(=O)c2cccs2)S(C)(=O)=O)cc1. The molecule has 0 bridgehead atoms. The number of thiophene rings is 1. The molecule has 7 heteroatoms. The van der Waals surface area contributed by atoms with Gasteiger partial charge in [0, 0.05) is 6.54 Å². The maximum atomic E-state index is 12.0. The maximum Gasteiger partial charge on any atom is 0.261 e. The monoisotopic (exact) mass is 352 g/mol. The predicted octanol–water partition coefficient (Wildman–Crippen LogP) is 2.51. The number of nitrogens with zero attached hydrogens (tertiary/aromatic N) is 1. The van der Waals surface area contributed by atoms with Gasteiger partial charge in [-0.25, -0.2) is 8.42 Å². The summed E-state index contributed by atoms with van der Waals surface area (Å²) in [6.45, 7) is 2.49. The van der Waals surface area contributed by atoms with Crippen molar-refractivity contribution in [3.8, 4) is 0 Å². The van der Waals surface area contributed by atoms with Gasteiger partial charge < -0.3 is 5.32 Å². The first kappa shape index (κ1) is 17.5. The summed E-state index contributed by atoms with van der Waals surface area (Å²) in [5.74, 6) is -0.185. The van der Waals surface area contributed by atoms with Crippen LogP contribution in [-0.4, -0.2) is 33.7 Å². The van der Waals surface area contributed by atoms with E-state index in [0.29, 0.717) is 10.6 Å². The van der Waals surface area contributed by atoms with E-state index in [0.717, 1.165) is 12.0 Å². The third-order valence-electron chi connectivity index (χ3n) is 3.38. The largest absolute Gasteiger partial charge is 0.350 e. The van der Waals surface area contributed by atoms with Gasteiger partial charge in [0.2, 0.25) is 10.0 Å². The highest BCUT2D eigenvalue weighted by molar-refractivity contribution is 7.92. The van der Waals surface area contributed by atoms with Crippen molar-refractivity contribution in [3.63, 3.8) is 0 Å². The number of aryl methyl sites for hydroxylation is 1. The number of carbonyl (C=O) groups is 1. The van der Waals surface area contributed by atoms with Gasteiger partial charge in [0.1, 0.15) is 0 Å². The van der Waals surface area contributed by atoms with E-state index >= 15 is 0 Å². The lowest BCUT2D eigenvalue weighted by atomic mass is 10.1. The van der Waals surface area contributed by atoms with Crippen molar-refractivity contribution in [2.75, 3.05) is 23.7 Å². The number of amides is 1. The molecule has 0 unspecified atom stereocenters. The summed E-state index contributed by atoms with van der Waals surface area (Å²) in [6.07, 6.45) is 2.07. The fourth-order valence-electron chi connectivity index (χ4n) is 2.15. The molecule has 1 N–H and O–H groups in total. The van der Waals surface area contributed by atoms with Crippen LogP contribution in [0.3, 0.4) is 0 Å². The number of hydrogen-bond donors (Lipinski definition) is 1. The van der Waals surface area contributed by atoms with E-state index in [1.54, 1.807) is 24.3 Å². The summed E-state index contributed by atoms with van der Waals surface area (Å²) in [5.41, 5.74) is 1.75. The van der Waals surface area contributed by atoms with E-state index in [2.05, 4.69) is 5.32 Å². The van der Waals surface area contributed by atoms with Gasteiger partial charge >= 0.3 is 0 Å². The van der Waals surface area contributed by atoms with Crippen molar-refractivity contribution in [3.05, 3.63) is 52.2 Å². The zero-order chi connectivity index (χ0) is 16.9. The number of nitrogens with one attached hydrogen (secondary N) is 1. The molecule has 2 aromatic rings. The van der Waals surface area contributed by atoms with Crippen LogP contribution in [0.5, 0.6) is 0 Å². The molecule has 0 aliphatic carbocycles. The second-order valence-electron chi connectivity index (χ2n) is 5.09. The molecule has 0 fully saturated rings. The molecule has 124 valence electrons. The highest BCUT2D eigenvalue weighted by Crippen LogP contribution is 2.18. The Morgan fingerprint density at radius 2 is 1.91 bits per heavy atom. The first-order valence-electron chi connectivity index (χ1n) is 7.30. The van der Waals surface area contributed by atoms with Crippen molar-refractivity contribution >= 4 is 33.0 Å². The third kappa shape index (κ3) is 4.80. The number of anilines is 1. The summed E-state index contributed by atoms with van der Waals surface area (Å²) in [4.78, 5) is 12.5. The molecule has 5 nitrogen and oxygen atoms in total. The molecule has 0 saturated heterocycles. The standard InChI is InChI=1S/C16H20N2O3S2/c1-3-13-6-8-14(9-7-13)18(23(2,20)21)11-10-17-16(19)15-5-4-12-22-15/h4-9,12H,3,10-11H2,1-2H3,(H,17,19). The number of rotatable bonds is 7. The molecule has 0 radical (unpaired) electrons. The van der Waals surface area contributed by atoms with Crippen molar-refractivity contribution < 1.29 is 13.2 Å². The van der Waals surface area contributed by atoms with Crippen LogP contribution in [0.1, 0.15) is 22.2 Å². The maximum absolute atomic E-state index is 12.0. The molecule has 1 heterocycles. The third-order valence-corrected chi connectivity index (χ3v) is 5.44. The fourth-order valence-corrected chi connectivity index (χ4v) is 3.72. The van der Waals surface area contributed by atoms with E-state index in [1.165, 1.54) is 21.9 Å². The molecule has 0 aliphatic heterocycles. The van der Waals surface area contributed by atoms with Crippen LogP contribution < -0.4 is 9.62 Å². The van der Waals surface area contributed by atoms with Crippen molar-refractivity contribution in [1.29, 1.82) is 0 Å². The number of benzene rings is 1. The van der Waals surface area contributed by atoms with E-state index in [9.17, 15) is 13.2 Å². The minimum atomic E-state index is -3.40. The molecule has 0 spiro atoms. The highest BCUT2D eigenvalue weighted by Gasteiger charge is 2.17. The summed E-state index contributed by atoms with van der Waals surface area (Å²) < 4.78 is 25.3. The highest BCUT2D eigenvalue weighted by atomic mass is 32.2. The quantitative estimate of drug-likeness (QED) is 0.832.